The van der Waals surface area contributed by atoms with E-state index in [1.807, 2.05) is 0 Å². The summed E-state index contributed by atoms with van der Waals surface area (Å²) in [6, 6.07) is 0. The summed E-state index contributed by atoms with van der Waals surface area (Å²) in [4.78, 5) is 0. The minimum atomic E-state index is -2.63. The standard InChI is InChI=1S/C5H5.3C2H6N.2Zr/c1-2-4-5-3-1;3*1-3-2;;/h1-5H;3*1-2H3;;/q;3*-1;;+3. The summed E-state index contributed by atoms with van der Waals surface area (Å²) < 4.78 is 8.03. The monoisotopic (exact) mass is 377 g/mol. The smallest absolute Gasteiger partial charge is 0 e. The molecule has 0 radical (unpaired) electrons. The van der Waals surface area contributed by atoms with E-state index in [1.165, 1.54) is 0 Å². The van der Waals surface area contributed by atoms with Gasteiger partial charge in [0, 0.05) is 26.2 Å². The van der Waals surface area contributed by atoms with Gasteiger partial charge in [-0.2, -0.15) is 0 Å². The largest absolute Gasteiger partial charge is 0 e. The third-order valence-electron chi connectivity index (χ3n) is 3.17. The third-order valence-corrected chi connectivity index (χ3v) is 16.0. The topological polar surface area (TPSA) is 9.72 Å². The maximum absolute atomic E-state index is 2.63. The van der Waals surface area contributed by atoms with E-state index in [-0.39, 0.29) is 26.2 Å². The molecule has 1 aliphatic carbocycles. The molecule has 0 aromatic rings. The predicted octanol–water partition coefficient (Wildman–Crippen LogP) is 1.48. The summed E-state index contributed by atoms with van der Waals surface area (Å²) in [6.45, 7) is 0. The van der Waals surface area contributed by atoms with Gasteiger partial charge in [0.25, 0.3) is 0 Å². The van der Waals surface area contributed by atoms with Crippen molar-refractivity contribution in [2.24, 2.45) is 0 Å². The molecule has 0 N–H and O–H groups in total. The molecular weight excluding hydrogens is 357 g/mol. The van der Waals surface area contributed by atoms with Gasteiger partial charge in [-0.3, -0.25) is 0 Å². The van der Waals surface area contributed by atoms with Crippen molar-refractivity contribution in [3.63, 3.8) is 0 Å². The fourth-order valence-electron chi connectivity index (χ4n) is 2.78. The number of allylic oxidation sites excluding steroid dienone is 4. The Bertz CT molecular complexity index is 239. The first-order valence-electron chi connectivity index (χ1n) is 5.31. The molecule has 16 heavy (non-hydrogen) atoms. The van der Waals surface area contributed by atoms with Crippen LogP contribution in [0.2, 0.25) is 3.63 Å². The molecule has 1 aliphatic rings. The van der Waals surface area contributed by atoms with Crippen molar-refractivity contribution in [3.8, 4) is 0 Å². The molecule has 0 spiro atoms. The zero-order chi connectivity index (χ0) is 11.6. The SMILES string of the molecule is C[N](C)[Zr]([CH]1C=CC=C1)([N](C)C)[N](C)C.[Zr]. The Morgan fingerprint density at radius 1 is 0.750 bits per heavy atom. The van der Waals surface area contributed by atoms with Gasteiger partial charge < -0.3 is 0 Å². The molecule has 0 bridgehead atoms. The molecule has 0 fully saturated rings. The average Bonchev–Trinajstić information content (AvgIpc) is 2.55. The van der Waals surface area contributed by atoms with Crippen LogP contribution < -0.4 is 0 Å². The number of nitrogens with zero attached hydrogens (tertiary/aromatic N) is 3. The van der Waals surface area contributed by atoms with Crippen LogP contribution in [-0.2, 0) is 47.3 Å². The van der Waals surface area contributed by atoms with Gasteiger partial charge >= 0.3 is 99.9 Å². The van der Waals surface area contributed by atoms with Gasteiger partial charge in [0.15, 0.2) is 0 Å². The van der Waals surface area contributed by atoms with E-state index in [4.69, 9.17) is 0 Å². The first kappa shape index (κ1) is 17.1. The van der Waals surface area contributed by atoms with Crippen LogP contribution in [0.5, 0.6) is 0 Å². The molecule has 0 aliphatic heterocycles. The van der Waals surface area contributed by atoms with E-state index in [9.17, 15) is 0 Å². The summed E-state index contributed by atoms with van der Waals surface area (Å²) in [5, 5.41) is 0. The van der Waals surface area contributed by atoms with Crippen LogP contribution in [0.3, 0.4) is 0 Å². The normalized spacial score (nSPS) is 16.6. The average molecular weight is 380 g/mol. The molecular formula is C11H23N3Zr2. The maximum atomic E-state index is 2.47. The Morgan fingerprint density at radius 2 is 1.06 bits per heavy atom. The zero-order valence-corrected chi connectivity index (χ0v) is 16.1. The molecule has 0 heterocycles. The summed E-state index contributed by atoms with van der Waals surface area (Å²) in [6.07, 6.45) is 9.03. The van der Waals surface area contributed by atoms with Gasteiger partial charge in [0.1, 0.15) is 0 Å². The van der Waals surface area contributed by atoms with E-state index in [1.54, 1.807) is 0 Å². The summed E-state index contributed by atoms with van der Waals surface area (Å²) >= 11 is -2.63. The molecule has 5 heteroatoms. The van der Waals surface area contributed by atoms with Gasteiger partial charge in [0.2, 0.25) is 0 Å². The first-order chi connectivity index (χ1) is 6.94. The van der Waals surface area contributed by atoms with Crippen LogP contribution >= 0.6 is 0 Å². The van der Waals surface area contributed by atoms with Gasteiger partial charge in [-0.1, -0.05) is 0 Å². The van der Waals surface area contributed by atoms with Crippen LogP contribution in [0.4, 0.5) is 0 Å². The summed E-state index contributed by atoms with van der Waals surface area (Å²) in [7, 11) is 13.3. The first-order valence-corrected chi connectivity index (χ1v) is 10.0. The van der Waals surface area contributed by atoms with Crippen molar-refractivity contribution >= 4 is 0 Å². The number of hydrogen-bond acceptors (Lipinski definition) is 3. The second-order valence-electron chi connectivity index (χ2n) is 4.67. The maximum Gasteiger partial charge on any atom is 0 e. The molecule has 0 amide bonds. The van der Waals surface area contributed by atoms with Crippen molar-refractivity contribution in [2.45, 2.75) is 3.63 Å². The fourth-order valence-corrected chi connectivity index (χ4v) is 14.9. The predicted molar refractivity (Wildman–Crippen MR) is 63.1 cm³/mol. The second kappa shape index (κ2) is 6.90. The van der Waals surface area contributed by atoms with Crippen LogP contribution in [0.15, 0.2) is 24.3 Å². The van der Waals surface area contributed by atoms with Gasteiger partial charge in [-0.15, -0.1) is 0 Å². The third kappa shape index (κ3) is 2.92. The fraction of sp³-hybridized carbons (Fsp3) is 0.636. The van der Waals surface area contributed by atoms with E-state index in [2.05, 4.69) is 75.1 Å². The van der Waals surface area contributed by atoms with E-state index in [0.717, 1.165) is 0 Å². The van der Waals surface area contributed by atoms with Crippen molar-refractivity contribution in [2.75, 3.05) is 42.3 Å². The van der Waals surface area contributed by atoms with E-state index in [0.29, 0.717) is 3.63 Å². The molecule has 3 nitrogen and oxygen atoms in total. The Hall–Kier alpha value is 1.13. The van der Waals surface area contributed by atoms with Crippen molar-refractivity contribution < 1.29 is 47.3 Å². The second-order valence-corrected chi connectivity index (χ2v) is 16.3. The molecule has 0 aromatic carbocycles. The van der Waals surface area contributed by atoms with Gasteiger partial charge in [-0.05, 0) is 0 Å². The summed E-state index contributed by atoms with van der Waals surface area (Å²) in [5.41, 5.74) is 0. The van der Waals surface area contributed by atoms with Gasteiger partial charge in [-0.25, -0.2) is 0 Å². The minimum Gasteiger partial charge on any atom is 0 e. The van der Waals surface area contributed by atoms with E-state index < -0.39 is 21.1 Å². The van der Waals surface area contributed by atoms with Crippen molar-refractivity contribution in [1.82, 2.24) is 8.53 Å². The van der Waals surface area contributed by atoms with Gasteiger partial charge in [0.05, 0.1) is 0 Å². The molecule has 90 valence electrons. The Morgan fingerprint density at radius 3 is 1.31 bits per heavy atom. The van der Waals surface area contributed by atoms with Crippen molar-refractivity contribution in [3.05, 3.63) is 24.3 Å². The Balaban J connectivity index is 0.00000225. The zero-order valence-electron chi connectivity index (χ0n) is 11.2. The number of hydrogen-bond donors (Lipinski definition) is 0. The van der Waals surface area contributed by atoms with E-state index >= 15 is 0 Å². The Labute approximate surface area is 125 Å². The molecule has 0 atom stereocenters. The number of rotatable bonds is 4. The molecule has 1 rings (SSSR count). The van der Waals surface area contributed by atoms with Crippen LogP contribution in [0.25, 0.3) is 0 Å². The van der Waals surface area contributed by atoms with Crippen LogP contribution in [0.1, 0.15) is 0 Å². The quantitative estimate of drug-likeness (QED) is 0.732. The Kier molecular flexibility index (Phi) is 7.38. The summed E-state index contributed by atoms with van der Waals surface area (Å²) in [5.74, 6) is 0. The molecule has 0 aromatic heterocycles. The van der Waals surface area contributed by atoms with Crippen LogP contribution in [-0.4, -0.2) is 50.8 Å². The molecule has 0 unspecified atom stereocenters. The molecule has 0 saturated carbocycles. The van der Waals surface area contributed by atoms with Crippen LogP contribution in [0, 0.1) is 0 Å². The molecule has 0 saturated heterocycles. The van der Waals surface area contributed by atoms with Crippen molar-refractivity contribution in [1.29, 1.82) is 0 Å². The minimum absolute atomic E-state index is 0.